The van der Waals surface area contributed by atoms with Gasteiger partial charge in [-0.05, 0) is 6.54 Å². The van der Waals surface area contributed by atoms with Crippen molar-refractivity contribution >= 4 is 5.82 Å². The molecule has 1 aromatic rings. The van der Waals surface area contributed by atoms with Crippen LogP contribution in [-0.4, -0.2) is 42.8 Å². The van der Waals surface area contributed by atoms with Gasteiger partial charge in [0.05, 0.1) is 13.2 Å². The third-order valence-corrected chi connectivity index (χ3v) is 2.86. The molecule has 2 N–H and O–H groups in total. The lowest BCUT2D eigenvalue weighted by atomic mass is 10.2. The lowest BCUT2D eigenvalue weighted by molar-refractivity contribution is 0.122. The Morgan fingerprint density at radius 2 is 2.12 bits per heavy atom. The van der Waals surface area contributed by atoms with Crippen molar-refractivity contribution < 1.29 is 4.74 Å². The minimum absolute atomic E-state index is 0.628. The number of ether oxygens (including phenoxy) is 1. The molecule has 0 amide bonds. The number of nitrogens with zero attached hydrogens (tertiary/aromatic N) is 3. The summed E-state index contributed by atoms with van der Waals surface area (Å²) in [5.41, 5.74) is 6.63. The first-order chi connectivity index (χ1) is 8.33. The first kappa shape index (κ1) is 12.3. The SMILES string of the molecule is CCc1nc(CCN)cc(N2CCOCC2)n1. The van der Waals surface area contributed by atoms with Gasteiger partial charge in [0.25, 0.3) is 0 Å². The Kier molecular flexibility index (Phi) is 4.28. The third-order valence-electron chi connectivity index (χ3n) is 2.86. The fourth-order valence-corrected chi connectivity index (χ4v) is 1.93. The quantitative estimate of drug-likeness (QED) is 0.818. The zero-order valence-electron chi connectivity index (χ0n) is 10.4. The van der Waals surface area contributed by atoms with Crippen LogP contribution in [0.5, 0.6) is 0 Å². The van der Waals surface area contributed by atoms with Gasteiger partial charge < -0.3 is 15.4 Å². The van der Waals surface area contributed by atoms with Gasteiger partial charge in [0.15, 0.2) is 0 Å². The molecule has 1 aliphatic rings. The van der Waals surface area contributed by atoms with Crippen molar-refractivity contribution in [3.63, 3.8) is 0 Å². The van der Waals surface area contributed by atoms with Crippen LogP contribution in [0.1, 0.15) is 18.4 Å². The Morgan fingerprint density at radius 1 is 1.35 bits per heavy atom. The van der Waals surface area contributed by atoms with E-state index in [2.05, 4.69) is 27.9 Å². The molecule has 17 heavy (non-hydrogen) atoms. The Balaban J connectivity index is 2.21. The number of hydrogen-bond donors (Lipinski definition) is 1. The Morgan fingerprint density at radius 3 is 2.76 bits per heavy atom. The topological polar surface area (TPSA) is 64.3 Å². The van der Waals surface area contributed by atoms with Crippen molar-refractivity contribution in [1.82, 2.24) is 9.97 Å². The summed E-state index contributed by atoms with van der Waals surface area (Å²) in [6.07, 6.45) is 1.67. The number of rotatable bonds is 4. The lowest BCUT2D eigenvalue weighted by Crippen LogP contribution is -2.37. The molecule has 1 saturated heterocycles. The van der Waals surface area contributed by atoms with Gasteiger partial charge >= 0.3 is 0 Å². The summed E-state index contributed by atoms with van der Waals surface area (Å²) < 4.78 is 5.35. The highest BCUT2D eigenvalue weighted by Crippen LogP contribution is 2.15. The van der Waals surface area contributed by atoms with Crippen molar-refractivity contribution in [2.24, 2.45) is 5.73 Å². The Labute approximate surface area is 102 Å². The van der Waals surface area contributed by atoms with Gasteiger partial charge in [0.2, 0.25) is 0 Å². The molecule has 0 atom stereocenters. The van der Waals surface area contributed by atoms with Gasteiger partial charge in [-0.25, -0.2) is 9.97 Å². The molecule has 2 rings (SSSR count). The highest BCUT2D eigenvalue weighted by molar-refractivity contribution is 5.40. The standard InChI is InChI=1S/C12H20N4O/c1-2-11-14-10(3-4-13)9-12(15-11)16-5-7-17-8-6-16/h9H,2-8,13H2,1H3. The summed E-state index contributed by atoms with van der Waals surface area (Å²) in [5.74, 6) is 1.92. The second-order valence-corrected chi connectivity index (χ2v) is 4.13. The van der Waals surface area contributed by atoms with Crippen LogP contribution in [0.4, 0.5) is 5.82 Å². The normalized spacial score (nSPS) is 16.2. The molecular formula is C12H20N4O. The molecule has 0 bridgehead atoms. The van der Waals surface area contributed by atoms with Crippen LogP contribution in [0, 0.1) is 0 Å². The Hall–Kier alpha value is -1.20. The maximum atomic E-state index is 5.59. The van der Waals surface area contributed by atoms with E-state index < -0.39 is 0 Å². The zero-order chi connectivity index (χ0) is 12.1. The van der Waals surface area contributed by atoms with E-state index in [-0.39, 0.29) is 0 Å². The summed E-state index contributed by atoms with van der Waals surface area (Å²) in [4.78, 5) is 11.3. The number of aryl methyl sites for hydroxylation is 1. The van der Waals surface area contributed by atoms with Crippen molar-refractivity contribution in [2.45, 2.75) is 19.8 Å². The number of aromatic nitrogens is 2. The second-order valence-electron chi connectivity index (χ2n) is 4.13. The van der Waals surface area contributed by atoms with E-state index in [1.165, 1.54) is 0 Å². The van der Waals surface area contributed by atoms with E-state index in [0.717, 1.165) is 56.5 Å². The van der Waals surface area contributed by atoms with E-state index >= 15 is 0 Å². The van der Waals surface area contributed by atoms with Crippen LogP contribution in [-0.2, 0) is 17.6 Å². The minimum Gasteiger partial charge on any atom is -0.378 e. The maximum Gasteiger partial charge on any atom is 0.132 e. The zero-order valence-corrected chi connectivity index (χ0v) is 10.4. The van der Waals surface area contributed by atoms with Crippen LogP contribution in [0.25, 0.3) is 0 Å². The summed E-state index contributed by atoms with van der Waals surface area (Å²) in [6.45, 7) is 6.06. The maximum absolute atomic E-state index is 5.59. The third kappa shape index (κ3) is 3.14. The van der Waals surface area contributed by atoms with E-state index in [9.17, 15) is 0 Å². The van der Waals surface area contributed by atoms with Crippen LogP contribution in [0.15, 0.2) is 6.07 Å². The predicted octanol–water partition coefficient (Wildman–Crippen LogP) is 0.377. The molecular weight excluding hydrogens is 216 g/mol. The van der Waals surface area contributed by atoms with Crippen LogP contribution < -0.4 is 10.6 Å². The van der Waals surface area contributed by atoms with E-state index in [1.54, 1.807) is 0 Å². The summed E-state index contributed by atoms with van der Waals surface area (Å²) in [6, 6.07) is 2.05. The van der Waals surface area contributed by atoms with Crippen LogP contribution in [0.2, 0.25) is 0 Å². The monoisotopic (exact) mass is 236 g/mol. The highest BCUT2D eigenvalue weighted by Gasteiger charge is 2.14. The second kappa shape index (κ2) is 5.93. The van der Waals surface area contributed by atoms with Gasteiger partial charge in [0, 0.05) is 37.7 Å². The fraction of sp³-hybridized carbons (Fsp3) is 0.667. The molecule has 1 fully saturated rings. The van der Waals surface area contributed by atoms with Crippen LogP contribution >= 0.6 is 0 Å². The van der Waals surface area contributed by atoms with Crippen molar-refractivity contribution in [3.8, 4) is 0 Å². The molecule has 0 radical (unpaired) electrons. The highest BCUT2D eigenvalue weighted by atomic mass is 16.5. The summed E-state index contributed by atoms with van der Waals surface area (Å²) >= 11 is 0. The van der Waals surface area contributed by atoms with E-state index in [1.807, 2.05) is 0 Å². The van der Waals surface area contributed by atoms with E-state index in [4.69, 9.17) is 10.5 Å². The molecule has 94 valence electrons. The van der Waals surface area contributed by atoms with Crippen molar-refractivity contribution in [2.75, 3.05) is 37.7 Å². The van der Waals surface area contributed by atoms with Gasteiger partial charge in [0.1, 0.15) is 11.6 Å². The lowest BCUT2D eigenvalue weighted by Gasteiger charge is -2.28. The predicted molar refractivity (Wildman–Crippen MR) is 67.2 cm³/mol. The Bertz CT molecular complexity index is 364. The minimum atomic E-state index is 0.628. The van der Waals surface area contributed by atoms with Gasteiger partial charge in [-0.3, -0.25) is 0 Å². The number of nitrogens with two attached hydrogens (primary N) is 1. The number of anilines is 1. The molecule has 5 nitrogen and oxygen atoms in total. The molecule has 2 heterocycles. The fourth-order valence-electron chi connectivity index (χ4n) is 1.93. The first-order valence-electron chi connectivity index (χ1n) is 6.23. The van der Waals surface area contributed by atoms with Gasteiger partial charge in [-0.1, -0.05) is 6.92 Å². The molecule has 0 aliphatic carbocycles. The molecule has 0 saturated carbocycles. The smallest absolute Gasteiger partial charge is 0.132 e. The number of hydrogen-bond acceptors (Lipinski definition) is 5. The first-order valence-corrected chi connectivity index (χ1v) is 6.23. The van der Waals surface area contributed by atoms with Crippen LogP contribution in [0.3, 0.4) is 0 Å². The molecule has 0 unspecified atom stereocenters. The largest absolute Gasteiger partial charge is 0.378 e. The molecule has 1 aliphatic heterocycles. The number of morpholine rings is 1. The summed E-state index contributed by atoms with van der Waals surface area (Å²) in [5, 5.41) is 0. The van der Waals surface area contributed by atoms with Gasteiger partial charge in [-0.2, -0.15) is 0 Å². The average Bonchev–Trinajstić information content (AvgIpc) is 2.40. The van der Waals surface area contributed by atoms with Crippen molar-refractivity contribution in [1.29, 1.82) is 0 Å². The van der Waals surface area contributed by atoms with Crippen molar-refractivity contribution in [3.05, 3.63) is 17.6 Å². The summed E-state index contributed by atoms with van der Waals surface area (Å²) in [7, 11) is 0. The average molecular weight is 236 g/mol. The molecule has 0 spiro atoms. The molecule has 1 aromatic heterocycles. The van der Waals surface area contributed by atoms with Gasteiger partial charge in [-0.15, -0.1) is 0 Å². The van der Waals surface area contributed by atoms with E-state index in [0.29, 0.717) is 6.54 Å². The molecule has 5 heteroatoms. The molecule has 0 aromatic carbocycles.